The van der Waals surface area contributed by atoms with E-state index in [0.717, 1.165) is 22.9 Å². The van der Waals surface area contributed by atoms with Crippen molar-refractivity contribution in [2.24, 2.45) is 0 Å². The van der Waals surface area contributed by atoms with Crippen LogP contribution in [0.4, 0.5) is 4.79 Å². The van der Waals surface area contributed by atoms with Crippen molar-refractivity contribution >= 4 is 22.6 Å². The van der Waals surface area contributed by atoms with E-state index in [0.29, 0.717) is 13.2 Å². The first-order valence-electron chi connectivity index (χ1n) is 9.91. The van der Waals surface area contributed by atoms with Crippen LogP contribution < -0.4 is 0 Å². The lowest BCUT2D eigenvalue weighted by Gasteiger charge is -2.43. The minimum absolute atomic E-state index is 0.0241. The molecule has 1 saturated heterocycles. The first kappa shape index (κ1) is 17.9. The normalized spacial score (nSPS) is 21.0. The average Bonchev–Trinajstić information content (AvgIpc) is 2.77. The standard InChI is InChI=1S/C24H22N2O3/c27-24(29-14-17-6-2-1-3-7-17)26-19-12-18(13-20(26)16-28-15-19)21-8-4-10-23-22(21)9-5-11-25-23/h1-12,19-20H,13-16H2. The molecule has 2 aromatic carbocycles. The van der Waals surface area contributed by atoms with Crippen LogP contribution in [0.5, 0.6) is 0 Å². The highest BCUT2D eigenvalue weighted by Gasteiger charge is 2.39. The van der Waals surface area contributed by atoms with Crippen molar-refractivity contribution < 1.29 is 14.3 Å². The van der Waals surface area contributed by atoms with Gasteiger partial charge < -0.3 is 9.47 Å². The van der Waals surface area contributed by atoms with E-state index in [2.05, 4.69) is 23.2 Å². The summed E-state index contributed by atoms with van der Waals surface area (Å²) in [6.07, 6.45) is 4.43. The van der Waals surface area contributed by atoms with Crippen LogP contribution in [0.3, 0.4) is 0 Å². The van der Waals surface area contributed by atoms with Crippen molar-refractivity contribution in [2.45, 2.75) is 25.1 Å². The molecule has 2 unspecified atom stereocenters. The number of aromatic nitrogens is 1. The van der Waals surface area contributed by atoms with Crippen LogP contribution >= 0.6 is 0 Å². The maximum absolute atomic E-state index is 12.8. The van der Waals surface area contributed by atoms with Gasteiger partial charge in [0.1, 0.15) is 6.61 Å². The van der Waals surface area contributed by atoms with Crippen molar-refractivity contribution in [2.75, 3.05) is 13.2 Å². The van der Waals surface area contributed by atoms with Crippen LogP contribution in [0, 0.1) is 0 Å². The number of hydrogen-bond donors (Lipinski definition) is 0. The van der Waals surface area contributed by atoms with Crippen LogP contribution in [0.25, 0.3) is 16.5 Å². The van der Waals surface area contributed by atoms with E-state index in [4.69, 9.17) is 9.47 Å². The molecule has 1 fully saturated rings. The fourth-order valence-corrected chi connectivity index (χ4v) is 4.26. The average molecular weight is 386 g/mol. The number of ether oxygens (including phenoxy) is 2. The molecule has 5 rings (SSSR count). The zero-order valence-corrected chi connectivity index (χ0v) is 16.0. The zero-order valence-electron chi connectivity index (χ0n) is 16.0. The monoisotopic (exact) mass is 386 g/mol. The molecule has 5 heteroatoms. The molecule has 5 nitrogen and oxygen atoms in total. The van der Waals surface area contributed by atoms with Gasteiger partial charge in [-0.05, 0) is 35.3 Å². The number of fused-ring (bicyclic) bond motifs is 3. The fraction of sp³-hybridized carbons (Fsp3) is 0.250. The van der Waals surface area contributed by atoms with E-state index >= 15 is 0 Å². The fourth-order valence-electron chi connectivity index (χ4n) is 4.26. The topological polar surface area (TPSA) is 51.7 Å². The predicted molar refractivity (Wildman–Crippen MR) is 111 cm³/mol. The third-order valence-corrected chi connectivity index (χ3v) is 5.61. The van der Waals surface area contributed by atoms with E-state index in [-0.39, 0.29) is 24.8 Å². The molecule has 0 radical (unpaired) electrons. The van der Waals surface area contributed by atoms with Gasteiger partial charge in [0.25, 0.3) is 0 Å². The van der Waals surface area contributed by atoms with Gasteiger partial charge in [-0.25, -0.2) is 4.79 Å². The molecule has 2 bridgehead atoms. The third kappa shape index (κ3) is 3.49. The van der Waals surface area contributed by atoms with Crippen molar-refractivity contribution in [1.29, 1.82) is 0 Å². The lowest BCUT2D eigenvalue weighted by Crippen LogP contribution is -2.56. The molecule has 146 valence electrons. The summed E-state index contributed by atoms with van der Waals surface area (Å²) in [6, 6.07) is 19.9. The summed E-state index contributed by atoms with van der Waals surface area (Å²) in [5.74, 6) is 0. The van der Waals surface area contributed by atoms with Gasteiger partial charge in [-0.1, -0.05) is 54.6 Å². The molecule has 29 heavy (non-hydrogen) atoms. The molecular formula is C24H22N2O3. The van der Waals surface area contributed by atoms with Gasteiger partial charge in [-0.15, -0.1) is 0 Å². The molecule has 3 heterocycles. The van der Waals surface area contributed by atoms with E-state index < -0.39 is 0 Å². The van der Waals surface area contributed by atoms with Crippen molar-refractivity contribution in [3.63, 3.8) is 0 Å². The van der Waals surface area contributed by atoms with Gasteiger partial charge in [0, 0.05) is 11.6 Å². The first-order chi connectivity index (χ1) is 14.3. The maximum Gasteiger partial charge on any atom is 0.411 e. The lowest BCUT2D eigenvalue weighted by molar-refractivity contribution is -0.0342. The summed E-state index contributed by atoms with van der Waals surface area (Å²) >= 11 is 0. The summed E-state index contributed by atoms with van der Waals surface area (Å²) < 4.78 is 11.4. The van der Waals surface area contributed by atoms with Crippen LogP contribution in [0.2, 0.25) is 0 Å². The quantitative estimate of drug-likeness (QED) is 0.668. The minimum Gasteiger partial charge on any atom is -0.445 e. The number of morpholine rings is 1. The Bertz CT molecular complexity index is 1060. The Labute approximate surface area is 169 Å². The molecule has 2 aliphatic rings. The summed E-state index contributed by atoms with van der Waals surface area (Å²) in [5, 5.41) is 1.14. The molecule has 2 aliphatic heterocycles. The number of benzene rings is 2. The lowest BCUT2D eigenvalue weighted by atomic mass is 9.88. The van der Waals surface area contributed by atoms with Crippen LogP contribution in [-0.4, -0.2) is 41.3 Å². The molecule has 0 N–H and O–H groups in total. The summed E-state index contributed by atoms with van der Waals surface area (Å²) in [4.78, 5) is 19.2. The van der Waals surface area contributed by atoms with Crippen LogP contribution in [-0.2, 0) is 16.1 Å². The molecule has 0 saturated carbocycles. The van der Waals surface area contributed by atoms with Gasteiger partial charge in [0.2, 0.25) is 0 Å². The summed E-state index contributed by atoms with van der Waals surface area (Å²) in [6.45, 7) is 1.29. The largest absolute Gasteiger partial charge is 0.445 e. The van der Waals surface area contributed by atoms with Crippen LogP contribution in [0.15, 0.2) is 72.9 Å². The Kier molecular flexibility index (Phi) is 4.74. The summed E-state index contributed by atoms with van der Waals surface area (Å²) in [7, 11) is 0. The number of carbonyl (C=O) groups excluding carboxylic acids is 1. The molecular weight excluding hydrogens is 364 g/mol. The van der Waals surface area contributed by atoms with Gasteiger partial charge in [-0.3, -0.25) is 9.88 Å². The molecule has 0 aliphatic carbocycles. The first-order valence-corrected chi connectivity index (χ1v) is 9.91. The number of amides is 1. The molecule has 3 aromatic rings. The Balaban J connectivity index is 1.40. The van der Waals surface area contributed by atoms with Gasteiger partial charge in [-0.2, -0.15) is 0 Å². The van der Waals surface area contributed by atoms with Gasteiger partial charge in [0.05, 0.1) is 30.8 Å². The molecule has 1 amide bonds. The van der Waals surface area contributed by atoms with Crippen LogP contribution in [0.1, 0.15) is 17.5 Å². The highest BCUT2D eigenvalue weighted by atomic mass is 16.6. The second-order valence-electron chi connectivity index (χ2n) is 7.48. The third-order valence-electron chi connectivity index (χ3n) is 5.61. The van der Waals surface area contributed by atoms with E-state index in [1.807, 2.05) is 59.6 Å². The molecule has 2 atom stereocenters. The molecule has 1 aromatic heterocycles. The Hall–Kier alpha value is -3.18. The van der Waals surface area contributed by atoms with Gasteiger partial charge in [0.15, 0.2) is 0 Å². The highest BCUT2D eigenvalue weighted by molar-refractivity contribution is 5.92. The predicted octanol–water partition coefficient (Wildman–Crippen LogP) is 4.43. The number of carbonyl (C=O) groups is 1. The van der Waals surface area contributed by atoms with Crippen molar-refractivity contribution in [1.82, 2.24) is 9.88 Å². The maximum atomic E-state index is 12.8. The second-order valence-corrected chi connectivity index (χ2v) is 7.48. The zero-order chi connectivity index (χ0) is 19.6. The smallest absolute Gasteiger partial charge is 0.411 e. The molecule has 0 spiro atoms. The Morgan fingerprint density at radius 1 is 1.07 bits per heavy atom. The number of nitrogens with zero attached hydrogens (tertiary/aromatic N) is 2. The Morgan fingerprint density at radius 3 is 2.83 bits per heavy atom. The van der Waals surface area contributed by atoms with Crippen molar-refractivity contribution in [3.05, 3.63) is 84.1 Å². The SMILES string of the molecule is O=C(OCc1ccccc1)N1C2C=C(c3cccc4ncccc34)CC1COC2. The van der Waals surface area contributed by atoms with E-state index in [1.54, 1.807) is 0 Å². The number of pyridine rings is 1. The van der Waals surface area contributed by atoms with E-state index in [1.165, 1.54) is 11.1 Å². The second kappa shape index (κ2) is 7.68. The van der Waals surface area contributed by atoms with E-state index in [9.17, 15) is 4.79 Å². The number of hydrogen-bond acceptors (Lipinski definition) is 4. The Morgan fingerprint density at radius 2 is 1.97 bits per heavy atom. The number of rotatable bonds is 3. The van der Waals surface area contributed by atoms with Crippen molar-refractivity contribution in [3.8, 4) is 0 Å². The van der Waals surface area contributed by atoms with Gasteiger partial charge >= 0.3 is 6.09 Å². The summed E-state index contributed by atoms with van der Waals surface area (Å²) in [5.41, 5.74) is 4.40. The minimum atomic E-state index is -0.276. The highest BCUT2D eigenvalue weighted by Crippen LogP contribution is 2.35.